The first-order valence-corrected chi connectivity index (χ1v) is 7.21. The Hall–Kier alpha value is -1.30. The van der Waals surface area contributed by atoms with Crippen molar-refractivity contribution in [2.75, 3.05) is 0 Å². The average Bonchev–Trinajstić information content (AvgIpc) is 2.37. The summed E-state index contributed by atoms with van der Waals surface area (Å²) in [5.41, 5.74) is 1.55. The molecule has 1 saturated carbocycles. The van der Waals surface area contributed by atoms with Gasteiger partial charge < -0.3 is 0 Å². The third-order valence-electron chi connectivity index (χ3n) is 4.42. The van der Waals surface area contributed by atoms with E-state index in [2.05, 4.69) is 56.3 Å². The molecule has 1 unspecified atom stereocenters. The molecule has 0 nitrogen and oxygen atoms in total. The van der Waals surface area contributed by atoms with Crippen LogP contribution in [0.1, 0.15) is 44.6 Å². The number of fused-ring (bicyclic) bond motifs is 1. The van der Waals surface area contributed by atoms with E-state index in [4.69, 9.17) is 0 Å². The van der Waals surface area contributed by atoms with Crippen LogP contribution in [0.5, 0.6) is 0 Å². The maximum atomic E-state index is 2.41. The van der Waals surface area contributed by atoms with Crippen molar-refractivity contribution in [1.29, 1.82) is 0 Å². The van der Waals surface area contributed by atoms with Gasteiger partial charge in [0.05, 0.1) is 0 Å². The maximum absolute atomic E-state index is 2.41. The van der Waals surface area contributed by atoms with Crippen LogP contribution < -0.4 is 0 Å². The van der Waals surface area contributed by atoms with Crippen LogP contribution in [0.25, 0.3) is 10.8 Å². The van der Waals surface area contributed by atoms with E-state index in [1.165, 1.54) is 30.0 Å². The lowest BCUT2D eigenvalue weighted by molar-refractivity contribution is 0.268. The second kappa shape index (κ2) is 4.76. The van der Waals surface area contributed by atoms with Crippen LogP contribution in [-0.4, -0.2) is 0 Å². The molecule has 1 aliphatic carbocycles. The van der Waals surface area contributed by atoms with Gasteiger partial charge in [-0.25, -0.2) is 0 Å². The minimum atomic E-state index is 0.772. The molecule has 0 spiro atoms. The van der Waals surface area contributed by atoms with Crippen molar-refractivity contribution in [1.82, 2.24) is 0 Å². The standard InChI is InChI=1S/C18H22/c1-13-9-14(2)11-18(10-13)17-8-7-15-5-3-4-6-16(15)12-17/h3-8,12-14,18H,9-11H2,1-2H3/t13-,14+,18?. The molecule has 0 amide bonds. The fourth-order valence-corrected chi connectivity index (χ4v) is 3.68. The third kappa shape index (κ3) is 2.29. The van der Waals surface area contributed by atoms with Gasteiger partial charge in [0.25, 0.3) is 0 Å². The normalized spacial score (nSPS) is 28.4. The minimum Gasteiger partial charge on any atom is -0.0625 e. The Labute approximate surface area is 110 Å². The zero-order valence-electron chi connectivity index (χ0n) is 11.4. The molecule has 0 aliphatic heterocycles. The molecule has 1 fully saturated rings. The first-order chi connectivity index (χ1) is 8.72. The van der Waals surface area contributed by atoms with E-state index < -0.39 is 0 Å². The molecule has 0 heteroatoms. The number of rotatable bonds is 1. The molecule has 0 aromatic heterocycles. The lowest BCUT2D eigenvalue weighted by Gasteiger charge is -2.31. The summed E-state index contributed by atoms with van der Waals surface area (Å²) in [6, 6.07) is 15.7. The van der Waals surface area contributed by atoms with Gasteiger partial charge >= 0.3 is 0 Å². The average molecular weight is 238 g/mol. The van der Waals surface area contributed by atoms with E-state index in [-0.39, 0.29) is 0 Å². The topological polar surface area (TPSA) is 0 Å². The van der Waals surface area contributed by atoms with Gasteiger partial charge in [-0.2, -0.15) is 0 Å². The Morgan fingerprint density at radius 2 is 1.44 bits per heavy atom. The molecule has 0 N–H and O–H groups in total. The van der Waals surface area contributed by atoms with Crippen LogP contribution in [0, 0.1) is 11.8 Å². The van der Waals surface area contributed by atoms with E-state index in [1.807, 2.05) is 0 Å². The van der Waals surface area contributed by atoms with Crippen molar-refractivity contribution in [2.45, 2.75) is 39.0 Å². The molecule has 1 aliphatic rings. The smallest absolute Gasteiger partial charge is 0.0157 e. The fraction of sp³-hybridized carbons (Fsp3) is 0.444. The third-order valence-corrected chi connectivity index (χ3v) is 4.42. The van der Waals surface area contributed by atoms with Gasteiger partial charge in [0, 0.05) is 0 Å². The van der Waals surface area contributed by atoms with Gasteiger partial charge in [-0.3, -0.25) is 0 Å². The molecule has 3 atom stereocenters. The predicted octanol–water partition coefficient (Wildman–Crippen LogP) is 5.38. The SMILES string of the molecule is C[C@@H]1CC(c2ccc3ccccc3c2)C[C@H](C)C1. The van der Waals surface area contributed by atoms with E-state index in [1.54, 1.807) is 5.56 Å². The van der Waals surface area contributed by atoms with Crippen LogP contribution in [0.2, 0.25) is 0 Å². The molecule has 2 aromatic carbocycles. The molecule has 0 radical (unpaired) electrons. The lowest BCUT2D eigenvalue weighted by atomic mass is 9.74. The summed E-state index contributed by atoms with van der Waals surface area (Å²) in [6.45, 7) is 4.81. The largest absolute Gasteiger partial charge is 0.0625 e. The second-order valence-electron chi connectivity index (χ2n) is 6.22. The first-order valence-electron chi connectivity index (χ1n) is 7.21. The number of hydrogen-bond donors (Lipinski definition) is 0. The monoisotopic (exact) mass is 238 g/mol. The number of hydrogen-bond acceptors (Lipinski definition) is 0. The van der Waals surface area contributed by atoms with Gasteiger partial charge in [0.15, 0.2) is 0 Å². The van der Waals surface area contributed by atoms with Crippen LogP contribution >= 0.6 is 0 Å². The van der Waals surface area contributed by atoms with Crippen molar-refractivity contribution >= 4 is 10.8 Å². The van der Waals surface area contributed by atoms with Crippen molar-refractivity contribution in [3.05, 3.63) is 48.0 Å². The molecule has 2 aromatic rings. The van der Waals surface area contributed by atoms with Crippen molar-refractivity contribution in [3.8, 4) is 0 Å². The Balaban J connectivity index is 1.93. The summed E-state index contributed by atoms with van der Waals surface area (Å²) < 4.78 is 0. The summed E-state index contributed by atoms with van der Waals surface area (Å²) in [5.74, 6) is 2.53. The van der Waals surface area contributed by atoms with E-state index in [9.17, 15) is 0 Å². The van der Waals surface area contributed by atoms with Crippen LogP contribution in [-0.2, 0) is 0 Å². The zero-order chi connectivity index (χ0) is 12.5. The van der Waals surface area contributed by atoms with E-state index in [0.29, 0.717) is 0 Å². The van der Waals surface area contributed by atoms with Crippen LogP contribution in [0.4, 0.5) is 0 Å². The van der Waals surface area contributed by atoms with E-state index >= 15 is 0 Å². The molecule has 0 bridgehead atoms. The highest BCUT2D eigenvalue weighted by atomic mass is 14.3. The number of benzene rings is 2. The highest BCUT2D eigenvalue weighted by molar-refractivity contribution is 5.83. The van der Waals surface area contributed by atoms with Gasteiger partial charge in [-0.05, 0) is 53.4 Å². The Bertz CT molecular complexity index is 530. The Morgan fingerprint density at radius 3 is 2.17 bits per heavy atom. The van der Waals surface area contributed by atoms with Crippen molar-refractivity contribution in [3.63, 3.8) is 0 Å². The second-order valence-corrected chi connectivity index (χ2v) is 6.22. The van der Waals surface area contributed by atoms with Crippen molar-refractivity contribution < 1.29 is 0 Å². The Morgan fingerprint density at radius 1 is 0.778 bits per heavy atom. The lowest BCUT2D eigenvalue weighted by Crippen LogP contribution is -2.18. The summed E-state index contributed by atoms with van der Waals surface area (Å²) in [5, 5.41) is 2.75. The van der Waals surface area contributed by atoms with Crippen LogP contribution in [0.3, 0.4) is 0 Å². The predicted molar refractivity (Wildman–Crippen MR) is 78.9 cm³/mol. The quantitative estimate of drug-likeness (QED) is 0.625. The van der Waals surface area contributed by atoms with E-state index in [0.717, 1.165) is 17.8 Å². The summed E-state index contributed by atoms with van der Waals surface area (Å²) in [6.07, 6.45) is 4.13. The summed E-state index contributed by atoms with van der Waals surface area (Å²) in [4.78, 5) is 0. The highest BCUT2D eigenvalue weighted by Crippen LogP contribution is 2.39. The van der Waals surface area contributed by atoms with Gasteiger partial charge in [-0.1, -0.05) is 56.3 Å². The van der Waals surface area contributed by atoms with Gasteiger partial charge in [0.1, 0.15) is 0 Å². The molecule has 3 rings (SSSR count). The minimum absolute atomic E-state index is 0.772. The molecular weight excluding hydrogens is 216 g/mol. The van der Waals surface area contributed by atoms with Gasteiger partial charge in [0.2, 0.25) is 0 Å². The first kappa shape index (κ1) is 11.8. The molecule has 0 heterocycles. The maximum Gasteiger partial charge on any atom is -0.0157 e. The summed E-state index contributed by atoms with van der Waals surface area (Å²) >= 11 is 0. The molecule has 18 heavy (non-hydrogen) atoms. The molecule has 94 valence electrons. The highest BCUT2D eigenvalue weighted by Gasteiger charge is 2.24. The van der Waals surface area contributed by atoms with Crippen molar-refractivity contribution in [2.24, 2.45) is 11.8 Å². The fourth-order valence-electron chi connectivity index (χ4n) is 3.68. The van der Waals surface area contributed by atoms with Crippen LogP contribution in [0.15, 0.2) is 42.5 Å². The molecular formula is C18H22. The molecule has 0 saturated heterocycles. The Kier molecular flexibility index (Phi) is 3.11. The zero-order valence-corrected chi connectivity index (χ0v) is 11.4. The summed E-state index contributed by atoms with van der Waals surface area (Å²) in [7, 11) is 0. The van der Waals surface area contributed by atoms with Gasteiger partial charge in [-0.15, -0.1) is 0 Å².